The van der Waals surface area contributed by atoms with Crippen LogP contribution in [0.2, 0.25) is 0 Å². The predicted octanol–water partition coefficient (Wildman–Crippen LogP) is 5.93. The Morgan fingerprint density at radius 1 is 0.806 bits per heavy atom. The van der Waals surface area contributed by atoms with Crippen molar-refractivity contribution in [1.29, 1.82) is 0 Å². The van der Waals surface area contributed by atoms with E-state index in [4.69, 9.17) is 18.6 Å². The number of nitrogens with zero attached hydrogens (tertiary/aromatic N) is 2. The maximum Gasteiger partial charge on any atom is 0.162 e. The summed E-state index contributed by atoms with van der Waals surface area (Å²) >= 11 is 0. The number of furan rings is 1. The van der Waals surface area contributed by atoms with Crippen LogP contribution >= 0.6 is 0 Å². The largest absolute Gasteiger partial charge is 0.493 e. The fraction of sp³-hybridized carbons (Fsp3) is 0.0833. The number of anilines is 2. The Morgan fingerprint density at radius 2 is 1.61 bits per heavy atom. The number of nitrogens with one attached hydrogen (secondary N) is 1. The van der Waals surface area contributed by atoms with Crippen LogP contribution in [0, 0.1) is 0 Å². The lowest BCUT2D eigenvalue weighted by Crippen LogP contribution is -1.98. The van der Waals surface area contributed by atoms with Crippen LogP contribution in [0.5, 0.6) is 23.0 Å². The summed E-state index contributed by atoms with van der Waals surface area (Å²) in [6.45, 7) is 0. The average Bonchev–Trinajstić information content (AvgIpc) is 3.31. The lowest BCUT2D eigenvalue weighted by atomic mass is 10.2. The monoisotopic (exact) mass is 413 g/mol. The lowest BCUT2D eigenvalue weighted by Gasteiger charge is -2.13. The molecule has 3 aromatic carbocycles. The third-order valence-electron chi connectivity index (χ3n) is 4.94. The quantitative estimate of drug-likeness (QED) is 0.370. The fourth-order valence-corrected chi connectivity index (χ4v) is 3.45. The van der Waals surface area contributed by atoms with Crippen molar-refractivity contribution in [2.24, 2.45) is 0 Å². The molecule has 2 aromatic heterocycles. The molecule has 31 heavy (non-hydrogen) atoms. The number of rotatable bonds is 6. The first-order valence-electron chi connectivity index (χ1n) is 9.63. The van der Waals surface area contributed by atoms with Crippen molar-refractivity contribution in [3.8, 4) is 23.0 Å². The predicted molar refractivity (Wildman–Crippen MR) is 119 cm³/mol. The van der Waals surface area contributed by atoms with Gasteiger partial charge in [0.1, 0.15) is 23.6 Å². The van der Waals surface area contributed by atoms with Crippen molar-refractivity contribution in [2.45, 2.75) is 0 Å². The molecule has 0 saturated carbocycles. The van der Waals surface area contributed by atoms with Crippen LogP contribution in [0.15, 0.2) is 77.7 Å². The van der Waals surface area contributed by atoms with Gasteiger partial charge >= 0.3 is 0 Å². The van der Waals surface area contributed by atoms with Gasteiger partial charge in [0, 0.05) is 11.5 Å². The van der Waals surface area contributed by atoms with Gasteiger partial charge in [-0.1, -0.05) is 18.2 Å². The second-order valence-electron chi connectivity index (χ2n) is 6.76. The number of benzene rings is 3. The van der Waals surface area contributed by atoms with Gasteiger partial charge in [-0.3, -0.25) is 0 Å². The molecule has 0 fully saturated rings. The van der Waals surface area contributed by atoms with E-state index in [1.807, 2.05) is 60.7 Å². The van der Waals surface area contributed by atoms with Gasteiger partial charge in [0.05, 0.1) is 37.1 Å². The van der Waals surface area contributed by atoms with Crippen molar-refractivity contribution >= 4 is 33.4 Å². The minimum atomic E-state index is 0.600. The third-order valence-corrected chi connectivity index (χ3v) is 4.94. The third kappa shape index (κ3) is 3.46. The van der Waals surface area contributed by atoms with E-state index in [0.29, 0.717) is 28.6 Å². The molecule has 7 nitrogen and oxygen atoms in total. The summed E-state index contributed by atoms with van der Waals surface area (Å²) in [6, 6.07) is 19.0. The number of hydrogen-bond donors (Lipinski definition) is 1. The maximum atomic E-state index is 6.04. The number of aromatic nitrogens is 2. The van der Waals surface area contributed by atoms with Gasteiger partial charge in [-0.15, -0.1) is 0 Å². The first kappa shape index (κ1) is 18.7. The van der Waals surface area contributed by atoms with Crippen molar-refractivity contribution in [1.82, 2.24) is 9.97 Å². The Labute approximate surface area is 178 Å². The molecule has 5 aromatic rings. The summed E-state index contributed by atoms with van der Waals surface area (Å²) in [7, 11) is 3.19. The summed E-state index contributed by atoms with van der Waals surface area (Å²) in [6.07, 6.45) is 3.14. The molecular weight excluding hydrogens is 394 g/mol. The van der Waals surface area contributed by atoms with Crippen LogP contribution < -0.4 is 19.5 Å². The zero-order valence-corrected chi connectivity index (χ0v) is 17.0. The Kier molecular flexibility index (Phi) is 4.76. The molecular formula is C24H19N3O4. The Hall–Kier alpha value is -4.26. The summed E-state index contributed by atoms with van der Waals surface area (Å²) < 4.78 is 22.6. The smallest absolute Gasteiger partial charge is 0.162 e. The Morgan fingerprint density at radius 3 is 2.42 bits per heavy atom. The minimum Gasteiger partial charge on any atom is -0.493 e. The molecule has 2 heterocycles. The minimum absolute atomic E-state index is 0.600. The van der Waals surface area contributed by atoms with E-state index in [2.05, 4.69) is 15.3 Å². The molecule has 0 saturated heterocycles. The van der Waals surface area contributed by atoms with Crippen molar-refractivity contribution in [3.63, 3.8) is 0 Å². The van der Waals surface area contributed by atoms with Crippen molar-refractivity contribution in [2.75, 3.05) is 19.5 Å². The summed E-state index contributed by atoms with van der Waals surface area (Å²) in [5, 5.41) is 5.01. The van der Waals surface area contributed by atoms with Gasteiger partial charge in [0.25, 0.3) is 0 Å². The highest BCUT2D eigenvalue weighted by Gasteiger charge is 2.15. The van der Waals surface area contributed by atoms with Gasteiger partial charge in [0.15, 0.2) is 17.1 Å². The first-order chi connectivity index (χ1) is 15.3. The molecule has 0 spiro atoms. The zero-order valence-electron chi connectivity index (χ0n) is 17.0. The first-order valence-corrected chi connectivity index (χ1v) is 9.63. The highest BCUT2D eigenvalue weighted by atomic mass is 16.5. The maximum absolute atomic E-state index is 6.04. The average molecular weight is 413 g/mol. The van der Waals surface area contributed by atoms with Crippen LogP contribution in [-0.2, 0) is 0 Å². The zero-order chi connectivity index (χ0) is 21.2. The van der Waals surface area contributed by atoms with Crippen LogP contribution in [-0.4, -0.2) is 24.2 Å². The van der Waals surface area contributed by atoms with Crippen molar-refractivity contribution in [3.05, 3.63) is 73.3 Å². The molecule has 5 rings (SSSR count). The Balaban J connectivity index is 1.55. The van der Waals surface area contributed by atoms with E-state index in [1.54, 1.807) is 20.5 Å². The van der Waals surface area contributed by atoms with E-state index in [1.165, 1.54) is 6.33 Å². The van der Waals surface area contributed by atoms with Crippen LogP contribution in [0.25, 0.3) is 21.9 Å². The topological polar surface area (TPSA) is 78.6 Å². The normalized spacial score (nSPS) is 10.9. The number of hydrogen-bond acceptors (Lipinski definition) is 7. The highest BCUT2D eigenvalue weighted by molar-refractivity contribution is 5.99. The van der Waals surface area contributed by atoms with E-state index in [-0.39, 0.29) is 0 Å². The van der Waals surface area contributed by atoms with E-state index in [9.17, 15) is 0 Å². The number of methoxy groups -OCH3 is 2. The Bertz CT molecular complexity index is 1370. The highest BCUT2D eigenvalue weighted by Crippen LogP contribution is 2.38. The number of para-hydroxylation sites is 1. The van der Waals surface area contributed by atoms with E-state index < -0.39 is 0 Å². The molecule has 0 aliphatic rings. The molecule has 0 aliphatic heterocycles. The van der Waals surface area contributed by atoms with Gasteiger partial charge < -0.3 is 23.9 Å². The van der Waals surface area contributed by atoms with Crippen LogP contribution in [0.4, 0.5) is 11.5 Å². The van der Waals surface area contributed by atoms with Gasteiger partial charge in [-0.2, -0.15) is 0 Å². The van der Waals surface area contributed by atoms with Crippen LogP contribution in [0.3, 0.4) is 0 Å². The lowest BCUT2D eigenvalue weighted by molar-refractivity contribution is 0.356. The summed E-state index contributed by atoms with van der Waals surface area (Å²) in [5.74, 6) is 3.30. The molecule has 0 bridgehead atoms. The van der Waals surface area contributed by atoms with Gasteiger partial charge in [-0.05, 0) is 36.4 Å². The van der Waals surface area contributed by atoms with E-state index >= 15 is 0 Å². The molecule has 1 N–H and O–H groups in total. The van der Waals surface area contributed by atoms with Gasteiger partial charge in [0.2, 0.25) is 0 Å². The number of fused-ring (bicyclic) bond motifs is 2. The second-order valence-corrected chi connectivity index (χ2v) is 6.76. The molecule has 154 valence electrons. The molecule has 0 atom stereocenters. The van der Waals surface area contributed by atoms with Crippen molar-refractivity contribution < 1.29 is 18.6 Å². The molecule has 0 aliphatic carbocycles. The summed E-state index contributed by atoms with van der Waals surface area (Å²) in [5.41, 5.74) is 2.16. The second kappa shape index (κ2) is 7.87. The molecule has 7 heteroatoms. The van der Waals surface area contributed by atoms with Crippen LogP contribution in [0.1, 0.15) is 0 Å². The van der Waals surface area contributed by atoms with Gasteiger partial charge in [-0.25, -0.2) is 9.97 Å². The molecule has 0 amide bonds. The number of ether oxygens (including phenoxy) is 3. The van der Waals surface area contributed by atoms with E-state index in [0.717, 1.165) is 27.7 Å². The fourth-order valence-electron chi connectivity index (χ4n) is 3.45. The molecule has 0 unspecified atom stereocenters. The SMILES string of the molecule is COc1cc2ncnc(Nc3ccc(Oc4ccccc4)c4ccoc34)c2cc1OC. The summed E-state index contributed by atoms with van der Waals surface area (Å²) in [4.78, 5) is 8.77. The standard InChI is InChI=1S/C24H19N3O4/c1-28-21-12-17-19(13-22(21)29-2)25-14-26-24(17)27-18-8-9-20(16-10-11-30-23(16)18)31-15-6-4-3-5-7-15/h3-14H,1-2H3,(H,25,26,27). The molecule has 0 radical (unpaired) electrons.